The average molecular weight is 274 g/mol. The molecular formula is C14H30N2OS. The summed E-state index contributed by atoms with van der Waals surface area (Å²) in [5, 5.41) is 0. The summed E-state index contributed by atoms with van der Waals surface area (Å²) in [7, 11) is 0. The summed E-state index contributed by atoms with van der Waals surface area (Å²) in [4.78, 5) is 14.4. The van der Waals surface area contributed by atoms with Crippen LogP contribution in [0.5, 0.6) is 0 Å². The molecule has 0 saturated carbocycles. The first-order valence-electron chi connectivity index (χ1n) is 7.02. The van der Waals surface area contributed by atoms with E-state index in [0.717, 1.165) is 31.6 Å². The van der Waals surface area contributed by atoms with E-state index in [9.17, 15) is 4.79 Å². The third-order valence-electron chi connectivity index (χ3n) is 3.18. The number of hydrogen-bond donors (Lipinski definition) is 1. The summed E-state index contributed by atoms with van der Waals surface area (Å²) < 4.78 is 0. The molecule has 0 aliphatic carbocycles. The molecule has 1 atom stereocenters. The van der Waals surface area contributed by atoms with Gasteiger partial charge in [-0.25, -0.2) is 0 Å². The van der Waals surface area contributed by atoms with Crippen molar-refractivity contribution in [2.75, 3.05) is 18.6 Å². The summed E-state index contributed by atoms with van der Waals surface area (Å²) in [6.07, 6.45) is 4.83. The predicted molar refractivity (Wildman–Crippen MR) is 81.9 cm³/mol. The first-order valence-corrected chi connectivity index (χ1v) is 8.42. The van der Waals surface area contributed by atoms with Crippen LogP contribution in [0, 0.1) is 5.92 Å². The number of thioether (sulfide) groups is 1. The molecule has 0 fully saturated rings. The van der Waals surface area contributed by atoms with Crippen LogP contribution in [0.3, 0.4) is 0 Å². The Morgan fingerprint density at radius 3 is 2.22 bits per heavy atom. The van der Waals surface area contributed by atoms with Gasteiger partial charge in [0.2, 0.25) is 5.91 Å². The highest BCUT2D eigenvalue weighted by molar-refractivity contribution is 7.98. The van der Waals surface area contributed by atoms with Crippen molar-refractivity contribution in [3.05, 3.63) is 0 Å². The smallest absolute Gasteiger partial charge is 0.239 e. The van der Waals surface area contributed by atoms with Gasteiger partial charge in [0.15, 0.2) is 0 Å². The fraction of sp³-hybridized carbons (Fsp3) is 0.929. The number of hydrogen-bond acceptors (Lipinski definition) is 3. The lowest BCUT2D eigenvalue weighted by molar-refractivity contribution is -0.135. The van der Waals surface area contributed by atoms with Crippen molar-refractivity contribution < 1.29 is 4.79 Å². The predicted octanol–water partition coefficient (Wildman–Crippen LogP) is 2.74. The number of amides is 1. The SMILES string of the molecule is CCC(CC)N(CC(C)C)C(=O)[C@H](N)CCSC. The van der Waals surface area contributed by atoms with Crippen LogP contribution in [0.2, 0.25) is 0 Å². The van der Waals surface area contributed by atoms with Crippen LogP contribution in [-0.2, 0) is 4.79 Å². The Hall–Kier alpha value is -0.220. The molecule has 0 rings (SSSR count). The molecule has 0 spiro atoms. The Labute approximate surface area is 117 Å². The van der Waals surface area contributed by atoms with Crippen LogP contribution in [0.4, 0.5) is 0 Å². The van der Waals surface area contributed by atoms with E-state index in [1.54, 1.807) is 11.8 Å². The highest BCUT2D eigenvalue weighted by atomic mass is 32.2. The summed E-state index contributed by atoms with van der Waals surface area (Å²) in [6.45, 7) is 9.40. The van der Waals surface area contributed by atoms with E-state index in [4.69, 9.17) is 5.73 Å². The lowest BCUT2D eigenvalue weighted by Gasteiger charge is -2.34. The molecule has 0 saturated heterocycles. The van der Waals surface area contributed by atoms with Crippen molar-refractivity contribution in [1.29, 1.82) is 0 Å². The van der Waals surface area contributed by atoms with Gasteiger partial charge < -0.3 is 10.6 Å². The van der Waals surface area contributed by atoms with Crippen LogP contribution in [-0.4, -0.2) is 41.4 Å². The Morgan fingerprint density at radius 1 is 1.28 bits per heavy atom. The molecule has 3 nitrogen and oxygen atoms in total. The highest BCUT2D eigenvalue weighted by Crippen LogP contribution is 2.14. The topological polar surface area (TPSA) is 46.3 Å². The molecule has 0 heterocycles. The molecule has 0 aromatic heterocycles. The van der Waals surface area contributed by atoms with Crippen molar-refractivity contribution in [2.24, 2.45) is 11.7 Å². The van der Waals surface area contributed by atoms with E-state index in [0.29, 0.717) is 12.0 Å². The lowest BCUT2D eigenvalue weighted by Crippen LogP contribution is -2.50. The van der Waals surface area contributed by atoms with Crippen molar-refractivity contribution >= 4 is 17.7 Å². The molecule has 0 aliphatic rings. The molecule has 0 aromatic rings. The van der Waals surface area contributed by atoms with Crippen LogP contribution in [0.15, 0.2) is 0 Å². The summed E-state index contributed by atoms with van der Waals surface area (Å²) in [6, 6.07) is -0.00275. The maximum Gasteiger partial charge on any atom is 0.239 e. The average Bonchev–Trinajstić information content (AvgIpc) is 2.34. The van der Waals surface area contributed by atoms with Crippen LogP contribution >= 0.6 is 11.8 Å². The second kappa shape index (κ2) is 9.68. The van der Waals surface area contributed by atoms with Gasteiger partial charge in [0.25, 0.3) is 0 Å². The van der Waals surface area contributed by atoms with Crippen LogP contribution in [0.25, 0.3) is 0 Å². The fourth-order valence-corrected chi connectivity index (χ4v) is 2.61. The quantitative estimate of drug-likeness (QED) is 0.703. The van der Waals surface area contributed by atoms with Gasteiger partial charge in [-0.1, -0.05) is 27.7 Å². The Kier molecular flexibility index (Phi) is 9.56. The Bertz CT molecular complexity index is 230. The first-order chi connectivity index (χ1) is 8.47. The molecule has 0 radical (unpaired) electrons. The van der Waals surface area contributed by atoms with E-state index in [1.807, 2.05) is 11.2 Å². The molecule has 0 unspecified atom stereocenters. The van der Waals surface area contributed by atoms with E-state index in [2.05, 4.69) is 27.7 Å². The first kappa shape index (κ1) is 17.8. The minimum atomic E-state index is -0.336. The molecule has 0 aliphatic heterocycles. The van der Waals surface area contributed by atoms with E-state index < -0.39 is 0 Å². The zero-order chi connectivity index (χ0) is 14.1. The standard InChI is InChI=1S/C14H30N2OS/c1-6-12(7-2)16(10-11(3)4)14(17)13(15)8-9-18-5/h11-13H,6-10,15H2,1-5H3/t13-/m1/s1. The molecule has 0 aromatic carbocycles. The van der Waals surface area contributed by atoms with Gasteiger partial charge in [-0.2, -0.15) is 11.8 Å². The summed E-state index contributed by atoms with van der Waals surface area (Å²) in [5.74, 6) is 1.57. The molecule has 2 N–H and O–H groups in total. The van der Waals surface area contributed by atoms with Crippen LogP contribution < -0.4 is 5.73 Å². The number of nitrogens with two attached hydrogens (primary N) is 1. The van der Waals surface area contributed by atoms with Gasteiger partial charge in [-0.15, -0.1) is 0 Å². The molecular weight excluding hydrogens is 244 g/mol. The Morgan fingerprint density at radius 2 is 1.83 bits per heavy atom. The van der Waals surface area contributed by atoms with E-state index in [-0.39, 0.29) is 11.9 Å². The van der Waals surface area contributed by atoms with Crippen molar-refractivity contribution in [2.45, 2.75) is 59.0 Å². The van der Waals surface area contributed by atoms with E-state index in [1.165, 1.54) is 0 Å². The maximum atomic E-state index is 12.4. The minimum Gasteiger partial charge on any atom is -0.338 e. The maximum absolute atomic E-state index is 12.4. The van der Waals surface area contributed by atoms with Crippen molar-refractivity contribution in [3.8, 4) is 0 Å². The molecule has 0 bridgehead atoms. The van der Waals surface area contributed by atoms with Gasteiger partial charge in [-0.05, 0) is 37.2 Å². The van der Waals surface area contributed by atoms with Gasteiger partial charge in [0.1, 0.15) is 0 Å². The minimum absolute atomic E-state index is 0.131. The monoisotopic (exact) mass is 274 g/mol. The zero-order valence-corrected chi connectivity index (χ0v) is 13.4. The summed E-state index contributed by atoms with van der Waals surface area (Å²) >= 11 is 1.74. The van der Waals surface area contributed by atoms with E-state index >= 15 is 0 Å². The van der Waals surface area contributed by atoms with Gasteiger partial charge >= 0.3 is 0 Å². The molecule has 4 heteroatoms. The molecule has 108 valence electrons. The normalized spacial score (nSPS) is 13.1. The second-order valence-electron chi connectivity index (χ2n) is 5.24. The largest absolute Gasteiger partial charge is 0.338 e. The Balaban J connectivity index is 4.66. The third kappa shape index (κ3) is 6.10. The highest BCUT2D eigenvalue weighted by Gasteiger charge is 2.26. The summed E-state index contributed by atoms with van der Waals surface area (Å²) in [5.41, 5.74) is 6.02. The number of rotatable bonds is 9. The molecule has 18 heavy (non-hydrogen) atoms. The lowest BCUT2D eigenvalue weighted by atomic mass is 10.1. The number of nitrogens with zero attached hydrogens (tertiary/aromatic N) is 1. The second-order valence-corrected chi connectivity index (χ2v) is 6.23. The third-order valence-corrected chi connectivity index (χ3v) is 3.82. The van der Waals surface area contributed by atoms with Crippen molar-refractivity contribution in [1.82, 2.24) is 4.90 Å². The van der Waals surface area contributed by atoms with Gasteiger partial charge in [-0.3, -0.25) is 4.79 Å². The molecule has 1 amide bonds. The number of carbonyl (C=O) groups excluding carboxylic acids is 1. The van der Waals surface area contributed by atoms with Crippen LogP contribution in [0.1, 0.15) is 47.0 Å². The van der Waals surface area contributed by atoms with Crippen molar-refractivity contribution in [3.63, 3.8) is 0 Å². The van der Waals surface area contributed by atoms with Gasteiger partial charge in [0, 0.05) is 12.6 Å². The number of carbonyl (C=O) groups is 1. The van der Waals surface area contributed by atoms with Gasteiger partial charge in [0.05, 0.1) is 6.04 Å². The zero-order valence-electron chi connectivity index (χ0n) is 12.6. The fourth-order valence-electron chi connectivity index (χ4n) is 2.12.